The van der Waals surface area contributed by atoms with Crippen molar-refractivity contribution in [1.29, 1.82) is 0 Å². The minimum Gasteiger partial charge on any atom is -0.329 e. The van der Waals surface area contributed by atoms with Crippen molar-refractivity contribution in [2.45, 2.75) is 57.4 Å². The zero-order valence-corrected chi connectivity index (χ0v) is 13.5. The van der Waals surface area contributed by atoms with Crippen LogP contribution >= 0.6 is 0 Å². The minimum absolute atomic E-state index is 0.178. The molecule has 0 aliphatic heterocycles. The number of hydrogen-bond donors (Lipinski definition) is 1. The van der Waals surface area contributed by atoms with Gasteiger partial charge in [0.05, 0.1) is 12.1 Å². The van der Waals surface area contributed by atoms with E-state index in [9.17, 15) is 13.2 Å². The summed E-state index contributed by atoms with van der Waals surface area (Å²) in [5.74, 6) is 0.776. The van der Waals surface area contributed by atoms with Crippen molar-refractivity contribution < 1.29 is 13.2 Å². The van der Waals surface area contributed by atoms with Gasteiger partial charge in [0.25, 0.3) is 0 Å². The maximum Gasteiger partial charge on any atom is 0.416 e. The van der Waals surface area contributed by atoms with Crippen molar-refractivity contribution in [3.05, 3.63) is 53.6 Å². The van der Waals surface area contributed by atoms with Crippen molar-refractivity contribution in [3.63, 3.8) is 0 Å². The number of nitrogens with zero attached hydrogens (tertiary/aromatic N) is 2. The Hall–Kier alpha value is -1.82. The van der Waals surface area contributed by atoms with E-state index in [2.05, 4.69) is 10.3 Å². The van der Waals surface area contributed by atoms with Crippen LogP contribution in [0.5, 0.6) is 0 Å². The fourth-order valence-electron chi connectivity index (χ4n) is 3.31. The SMILES string of the molecule is FC(F)(F)c1ccccc1Cn1ccnc1CNC1CCCCC1. The molecule has 1 aromatic carbocycles. The number of alkyl halides is 3. The molecule has 0 radical (unpaired) electrons. The van der Waals surface area contributed by atoms with Crippen LogP contribution in [0.4, 0.5) is 13.2 Å². The standard InChI is InChI=1S/C18H22F3N3/c19-18(20,21)16-9-5-4-6-14(16)13-24-11-10-22-17(24)12-23-15-7-2-1-3-8-15/h4-6,9-11,15,23H,1-3,7-8,12-13H2. The highest BCUT2D eigenvalue weighted by Gasteiger charge is 2.32. The number of hydrogen-bond acceptors (Lipinski definition) is 2. The molecule has 0 atom stereocenters. The Morgan fingerprint density at radius 2 is 1.88 bits per heavy atom. The highest BCUT2D eigenvalue weighted by Crippen LogP contribution is 2.32. The molecule has 24 heavy (non-hydrogen) atoms. The molecule has 0 spiro atoms. The molecule has 0 saturated heterocycles. The molecule has 1 aromatic heterocycles. The van der Waals surface area contributed by atoms with Gasteiger partial charge in [0.1, 0.15) is 5.82 Å². The topological polar surface area (TPSA) is 29.9 Å². The monoisotopic (exact) mass is 337 g/mol. The van der Waals surface area contributed by atoms with Crippen LogP contribution in [0.1, 0.15) is 49.1 Å². The first-order chi connectivity index (χ1) is 11.5. The molecule has 6 heteroatoms. The molecule has 2 aromatic rings. The summed E-state index contributed by atoms with van der Waals surface area (Å²) in [6, 6.07) is 6.21. The Morgan fingerprint density at radius 3 is 2.62 bits per heavy atom. The number of rotatable bonds is 5. The summed E-state index contributed by atoms with van der Waals surface area (Å²) in [6.07, 6.45) is 5.16. The van der Waals surface area contributed by atoms with Gasteiger partial charge in [-0.15, -0.1) is 0 Å². The second-order valence-corrected chi connectivity index (χ2v) is 6.34. The maximum absolute atomic E-state index is 13.1. The Kier molecular flexibility index (Phi) is 5.23. The number of nitrogens with one attached hydrogen (secondary N) is 1. The third-order valence-electron chi connectivity index (χ3n) is 4.62. The van der Waals surface area contributed by atoms with Crippen molar-refractivity contribution in [3.8, 4) is 0 Å². The van der Waals surface area contributed by atoms with Crippen molar-refractivity contribution >= 4 is 0 Å². The van der Waals surface area contributed by atoms with E-state index >= 15 is 0 Å². The van der Waals surface area contributed by atoms with Crippen LogP contribution in [0.15, 0.2) is 36.7 Å². The third-order valence-corrected chi connectivity index (χ3v) is 4.62. The number of halogens is 3. The highest BCUT2D eigenvalue weighted by molar-refractivity contribution is 5.30. The van der Waals surface area contributed by atoms with E-state index in [1.165, 1.54) is 31.4 Å². The maximum atomic E-state index is 13.1. The third kappa shape index (κ3) is 4.17. The lowest BCUT2D eigenvalue weighted by Gasteiger charge is -2.23. The van der Waals surface area contributed by atoms with Crippen LogP contribution in [0.2, 0.25) is 0 Å². The van der Waals surface area contributed by atoms with Crippen LogP contribution < -0.4 is 5.32 Å². The summed E-state index contributed by atoms with van der Waals surface area (Å²) in [5.41, 5.74) is -0.313. The highest BCUT2D eigenvalue weighted by atomic mass is 19.4. The minimum atomic E-state index is -4.34. The van der Waals surface area contributed by atoms with Gasteiger partial charge < -0.3 is 9.88 Å². The van der Waals surface area contributed by atoms with Crippen LogP contribution in [0, 0.1) is 0 Å². The first-order valence-electron chi connectivity index (χ1n) is 8.42. The van der Waals surface area contributed by atoms with Crippen LogP contribution in [0.3, 0.4) is 0 Å². The molecular weight excluding hydrogens is 315 g/mol. The lowest BCUT2D eigenvalue weighted by molar-refractivity contribution is -0.138. The van der Waals surface area contributed by atoms with Crippen molar-refractivity contribution in [2.75, 3.05) is 0 Å². The van der Waals surface area contributed by atoms with E-state index < -0.39 is 11.7 Å². The summed E-state index contributed by atoms with van der Waals surface area (Å²) >= 11 is 0. The van der Waals surface area contributed by atoms with Gasteiger partial charge >= 0.3 is 6.18 Å². The Balaban J connectivity index is 1.70. The van der Waals surface area contributed by atoms with Gasteiger partial charge in [-0.1, -0.05) is 37.5 Å². The van der Waals surface area contributed by atoms with E-state index in [4.69, 9.17) is 0 Å². The Bertz CT molecular complexity index is 658. The summed E-state index contributed by atoms with van der Waals surface area (Å²) < 4.78 is 41.2. The lowest BCUT2D eigenvalue weighted by atomic mass is 9.95. The molecule has 1 aliphatic carbocycles. The number of imidazole rings is 1. The molecule has 130 valence electrons. The van der Waals surface area contributed by atoms with E-state index in [-0.39, 0.29) is 12.1 Å². The van der Waals surface area contributed by atoms with Gasteiger partial charge in [-0.3, -0.25) is 0 Å². The average Bonchev–Trinajstić information content (AvgIpc) is 3.00. The first-order valence-corrected chi connectivity index (χ1v) is 8.42. The van der Waals surface area contributed by atoms with Gasteiger partial charge in [-0.2, -0.15) is 13.2 Å². The quantitative estimate of drug-likeness (QED) is 0.878. The van der Waals surface area contributed by atoms with Gasteiger partial charge in [0.15, 0.2) is 0 Å². The first kappa shape index (κ1) is 17.0. The van der Waals surface area contributed by atoms with E-state index in [0.717, 1.165) is 24.7 Å². The molecule has 0 amide bonds. The molecule has 1 fully saturated rings. The normalized spacial score (nSPS) is 16.5. The molecule has 1 heterocycles. The van der Waals surface area contributed by atoms with Crippen molar-refractivity contribution in [2.24, 2.45) is 0 Å². The second-order valence-electron chi connectivity index (χ2n) is 6.34. The van der Waals surface area contributed by atoms with Gasteiger partial charge in [0.2, 0.25) is 0 Å². The zero-order valence-electron chi connectivity index (χ0n) is 13.5. The molecule has 0 unspecified atom stereocenters. The molecule has 1 aliphatic rings. The summed E-state index contributed by atoms with van der Waals surface area (Å²) in [4.78, 5) is 4.31. The molecule has 1 saturated carbocycles. The Morgan fingerprint density at radius 1 is 1.12 bits per heavy atom. The zero-order chi connectivity index (χ0) is 17.0. The van der Waals surface area contributed by atoms with Crippen molar-refractivity contribution in [1.82, 2.24) is 14.9 Å². The molecule has 1 N–H and O–H groups in total. The lowest BCUT2D eigenvalue weighted by Crippen LogP contribution is -2.31. The molecule has 3 rings (SSSR count). The van der Waals surface area contributed by atoms with Crippen LogP contribution in [-0.4, -0.2) is 15.6 Å². The predicted octanol–water partition coefficient (Wildman–Crippen LogP) is 4.37. The summed E-state index contributed by atoms with van der Waals surface area (Å²) in [6.45, 7) is 0.767. The fourth-order valence-corrected chi connectivity index (χ4v) is 3.31. The summed E-state index contributed by atoms with van der Waals surface area (Å²) in [5, 5.41) is 3.49. The predicted molar refractivity (Wildman–Crippen MR) is 86.5 cm³/mol. The largest absolute Gasteiger partial charge is 0.416 e. The van der Waals surface area contributed by atoms with E-state index in [0.29, 0.717) is 12.6 Å². The van der Waals surface area contributed by atoms with Gasteiger partial charge in [-0.05, 0) is 24.5 Å². The Labute approximate surface area is 139 Å². The second kappa shape index (κ2) is 7.38. The average molecular weight is 337 g/mol. The van der Waals surface area contributed by atoms with Gasteiger partial charge in [0, 0.05) is 25.0 Å². The number of benzene rings is 1. The smallest absolute Gasteiger partial charge is 0.329 e. The van der Waals surface area contributed by atoms with E-state index in [1.807, 2.05) is 0 Å². The molecular formula is C18H22F3N3. The van der Waals surface area contributed by atoms with E-state index in [1.54, 1.807) is 23.0 Å². The number of aromatic nitrogens is 2. The molecule has 3 nitrogen and oxygen atoms in total. The summed E-state index contributed by atoms with van der Waals surface area (Å²) in [7, 11) is 0. The molecule has 0 bridgehead atoms. The van der Waals surface area contributed by atoms with Crippen LogP contribution in [-0.2, 0) is 19.3 Å². The fraction of sp³-hybridized carbons (Fsp3) is 0.500. The van der Waals surface area contributed by atoms with Crippen LogP contribution in [0.25, 0.3) is 0 Å². The van der Waals surface area contributed by atoms with Gasteiger partial charge in [-0.25, -0.2) is 4.98 Å².